The highest BCUT2D eigenvalue weighted by atomic mass is 16.6. The molecule has 2 amide bonds. The predicted octanol–water partition coefficient (Wildman–Crippen LogP) is 5.45. The average Bonchev–Trinajstić information content (AvgIpc) is 3.38. The van der Waals surface area contributed by atoms with Crippen LogP contribution in [0.15, 0.2) is 54.6 Å². The predicted molar refractivity (Wildman–Crippen MR) is 156 cm³/mol. The quantitative estimate of drug-likeness (QED) is 0.499. The van der Waals surface area contributed by atoms with Crippen LogP contribution in [0.5, 0.6) is 0 Å². The molecule has 0 bridgehead atoms. The first-order valence-corrected chi connectivity index (χ1v) is 14.9. The molecule has 3 saturated heterocycles. The lowest BCUT2D eigenvalue weighted by atomic mass is 9.80. The molecule has 40 heavy (non-hydrogen) atoms. The summed E-state index contributed by atoms with van der Waals surface area (Å²) in [5.41, 5.74) is 1.48. The minimum atomic E-state index is -0.976. The van der Waals surface area contributed by atoms with Gasteiger partial charge in [0.05, 0.1) is 17.7 Å². The van der Waals surface area contributed by atoms with E-state index in [1.807, 2.05) is 37.3 Å². The summed E-state index contributed by atoms with van der Waals surface area (Å²) in [6.45, 7) is 8.78. The maximum absolute atomic E-state index is 13.4. The van der Waals surface area contributed by atoms with Crippen LogP contribution in [0.25, 0.3) is 0 Å². The fourth-order valence-electron chi connectivity index (χ4n) is 6.98. The summed E-state index contributed by atoms with van der Waals surface area (Å²) in [4.78, 5) is 32.4. The first-order chi connectivity index (χ1) is 19.1. The zero-order valence-electron chi connectivity index (χ0n) is 24.5. The number of piperidine rings is 1. The van der Waals surface area contributed by atoms with E-state index in [4.69, 9.17) is 4.74 Å². The Morgan fingerprint density at radius 2 is 1.70 bits per heavy atom. The zero-order chi connectivity index (χ0) is 28.5. The molecule has 2 aromatic carbocycles. The molecule has 0 saturated carbocycles. The molecule has 3 heterocycles. The van der Waals surface area contributed by atoms with Crippen LogP contribution in [-0.2, 0) is 15.1 Å². The number of benzene rings is 2. The zero-order valence-corrected chi connectivity index (χ0v) is 24.5. The number of rotatable bonds is 7. The largest absolute Gasteiger partial charge is 0.438 e. The number of amides is 2. The topological polar surface area (TPSA) is 73.3 Å². The Morgan fingerprint density at radius 3 is 2.27 bits per heavy atom. The van der Waals surface area contributed by atoms with E-state index < -0.39 is 11.2 Å². The van der Waals surface area contributed by atoms with Crippen molar-refractivity contribution in [3.63, 3.8) is 0 Å². The molecular formula is C33H45N3O4. The first-order valence-electron chi connectivity index (χ1n) is 14.9. The van der Waals surface area contributed by atoms with Gasteiger partial charge in [0.25, 0.3) is 0 Å². The Kier molecular flexibility index (Phi) is 8.25. The summed E-state index contributed by atoms with van der Waals surface area (Å²) in [6.07, 6.45) is 4.67. The van der Waals surface area contributed by atoms with Gasteiger partial charge in [-0.15, -0.1) is 0 Å². The molecule has 0 aromatic heterocycles. The molecule has 0 aliphatic carbocycles. The van der Waals surface area contributed by atoms with Crippen LogP contribution in [0.2, 0.25) is 0 Å². The van der Waals surface area contributed by atoms with Crippen LogP contribution in [0.3, 0.4) is 0 Å². The SMILES string of the molecule is CC(c1ccc(C2CCN(C(=O)C3CCCN3C)CC2)cc1)N1CCC(CC(C)(C)O)(c2ccccc2)OC1=O. The molecule has 3 aliphatic rings. The molecule has 3 unspecified atom stereocenters. The highest BCUT2D eigenvalue weighted by Crippen LogP contribution is 2.42. The highest BCUT2D eigenvalue weighted by molar-refractivity contribution is 5.82. The molecule has 0 radical (unpaired) electrons. The van der Waals surface area contributed by atoms with E-state index in [2.05, 4.69) is 41.1 Å². The number of hydrogen-bond acceptors (Lipinski definition) is 5. The molecule has 3 fully saturated rings. The Balaban J connectivity index is 1.20. The van der Waals surface area contributed by atoms with E-state index in [0.29, 0.717) is 31.2 Å². The maximum Gasteiger partial charge on any atom is 0.411 e. The van der Waals surface area contributed by atoms with Gasteiger partial charge in [-0.05, 0) is 82.7 Å². The van der Waals surface area contributed by atoms with Crippen LogP contribution in [0.4, 0.5) is 4.79 Å². The van der Waals surface area contributed by atoms with Gasteiger partial charge in [0.15, 0.2) is 0 Å². The fraction of sp³-hybridized carbons (Fsp3) is 0.576. The van der Waals surface area contributed by atoms with Gasteiger partial charge in [0, 0.05) is 32.5 Å². The normalized spacial score (nSPS) is 25.6. The van der Waals surface area contributed by atoms with Gasteiger partial charge in [-0.3, -0.25) is 9.69 Å². The number of aliphatic hydroxyl groups is 1. The number of cyclic esters (lactones) is 1. The molecule has 1 N–H and O–H groups in total. The standard InChI is InChI=1S/C33H45N3O4/c1-24(36-22-18-33(40-31(36)38,23-32(2,3)39)28-9-6-5-7-10-28)25-12-14-26(15-13-25)27-16-20-35(21-17-27)30(37)29-11-8-19-34(29)4/h5-7,9-10,12-15,24,27,29,39H,8,11,16-23H2,1-4H3. The van der Waals surface area contributed by atoms with Crippen LogP contribution >= 0.6 is 0 Å². The van der Waals surface area contributed by atoms with Crippen molar-refractivity contribution in [2.75, 3.05) is 33.2 Å². The maximum atomic E-state index is 13.4. The van der Waals surface area contributed by atoms with E-state index in [-0.39, 0.29) is 18.2 Å². The summed E-state index contributed by atoms with van der Waals surface area (Å²) < 4.78 is 6.17. The second kappa shape index (κ2) is 11.5. The van der Waals surface area contributed by atoms with Crippen molar-refractivity contribution in [1.82, 2.24) is 14.7 Å². The molecule has 0 spiro atoms. The molecule has 3 atom stereocenters. The molecule has 2 aromatic rings. The van der Waals surface area contributed by atoms with Gasteiger partial charge in [0.1, 0.15) is 5.60 Å². The van der Waals surface area contributed by atoms with Crippen molar-refractivity contribution < 1.29 is 19.4 Å². The van der Waals surface area contributed by atoms with Gasteiger partial charge in [-0.2, -0.15) is 0 Å². The molecular weight excluding hydrogens is 502 g/mol. The number of likely N-dealkylation sites (N-methyl/N-ethyl adjacent to an activating group) is 1. The van der Waals surface area contributed by atoms with Crippen LogP contribution in [-0.4, -0.2) is 76.7 Å². The molecule has 3 aliphatic heterocycles. The van der Waals surface area contributed by atoms with Crippen molar-refractivity contribution >= 4 is 12.0 Å². The lowest BCUT2D eigenvalue weighted by Crippen LogP contribution is -2.51. The van der Waals surface area contributed by atoms with Crippen molar-refractivity contribution in [2.24, 2.45) is 0 Å². The lowest BCUT2D eigenvalue weighted by molar-refractivity contribution is -0.136. The van der Waals surface area contributed by atoms with Gasteiger partial charge < -0.3 is 19.6 Å². The summed E-state index contributed by atoms with van der Waals surface area (Å²) >= 11 is 0. The van der Waals surface area contributed by atoms with E-state index in [9.17, 15) is 14.7 Å². The van der Waals surface area contributed by atoms with Gasteiger partial charge >= 0.3 is 6.09 Å². The Labute approximate surface area is 239 Å². The van der Waals surface area contributed by atoms with Crippen LogP contribution in [0, 0.1) is 0 Å². The van der Waals surface area contributed by atoms with Crippen LogP contribution in [0.1, 0.15) is 87.9 Å². The number of nitrogens with zero attached hydrogens (tertiary/aromatic N) is 3. The van der Waals surface area contributed by atoms with E-state index in [1.165, 1.54) is 5.56 Å². The minimum absolute atomic E-state index is 0.0618. The number of hydrogen-bond donors (Lipinski definition) is 1. The van der Waals surface area contributed by atoms with Crippen LogP contribution < -0.4 is 0 Å². The second-order valence-electron chi connectivity index (χ2n) is 12.7. The molecule has 7 heteroatoms. The lowest BCUT2D eigenvalue weighted by Gasteiger charge is -2.45. The van der Waals surface area contributed by atoms with E-state index in [0.717, 1.165) is 56.4 Å². The average molecular weight is 548 g/mol. The third-order valence-corrected chi connectivity index (χ3v) is 9.26. The number of likely N-dealkylation sites (tertiary alicyclic amines) is 2. The van der Waals surface area contributed by atoms with Gasteiger partial charge in [-0.25, -0.2) is 4.79 Å². The van der Waals surface area contributed by atoms with Crippen molar-refractivity contribution in [1.29, 1.82) is 0 Å². The van der Waals surface area contributed by atoms with E-state index in [1.54, 1.807) is 18.7 Å². The monoisotopic (exact) mass is 547 g/mol. The fourth-order valence-corrected chi connectivity index (χ4v) is 6.98. The highest BCUT2D eigenvalue weighted by Gasteiger charge is 2.46. The third-order valence-electron chi connectivity index (χ3n) is 9.26. The third kappa shape index (κ3) is 6.06. The Bertz CT molecular complexity index is 1170. The summed E-state index contributed by atoms with van der Waals surface area (Å²) in [5.74, 6) is 0.748. The number of ether oxygens (including phenoxy) is 1. The van der Waals surface area contributed by atoms with Crippen molar-refractivity contribution in [3.8, 4) is 0 Å². The van der Waals surface area contributed by atoms with Gasteiger partial charge in [-0.1, -0.05) is 54.6 Å². The minimum Gasteiger partial charge on any atom is -0.438 e. The smallest absolute Gasteiger partial charge is 0.411 e. The van der Waals surface area contributed by atoms with Crippen molar-refractivity contribution in [2.45, 2.75) is 88.5 Å². The molecule has 216 valence electrons. The number of carbonyl (C=O) groups excluding carboxylic acids is 2. The summed E-state index contributed by atoms with van der Waals surface area (Å²) in [5, 5.41) is 10.6. The Morgan fingerprint density at radius 1 is 1.02 bits per heavy atom. The summed E-state index contributed by atoms with van der Waals surface area (Å²) in [6, 6.07) is 18.4. The molecule has 7 nitrogen and oxygen atoms in total. The Hall–Kier alpha value is -2.90. The van der Waals surface area contributed by atoms with Crippen molar-refractivity contribution in [3.05, 3.63) is 71.3 Å². The first kappa shape index (κ1) is 28.6. The summed E-state index contributed by atoms with van der Waals surface area (Å²) in [7, 11) is 2.06. The van der Waals surface area contributed by atoms with E-state index >= 15 is 0 Å². The number of carbonyl (C=O) groups is 2. The van der Waals surface area contributed by atoms with Gasteiger partial charge in [0.2, 0.25) is 5.91 Å². The molecule has 5 rings (SSSR count). The second-order valence-corrected chi connectivity index (χ2v) is 12.7.